The summed E-state index contributed by atoms with van der Waals surface area (Å²) in [5.41, 5.74) is 0.901. The first kappa shape index (κ1) is 18.2. The first-order valence-electron chi connectivity index (χ1n) is 7.57. The van der Waals surface area contributed by atoms with E-state index < -0.39 is 11.6 Å². The number of anilines is 1. The zero-order valence-electron chi connectivity index (χ0n) is 13.8. The fourth-order valence-corrected chi connectivity index (χ4v) is 2.44. The number of carbonyl (C=O) groups excluding carboxylic acids is 1. The number of hydrogen-bond acceptors (Lipinski definition) is 6. The van der Waals surface area contributed by atoms with Crippen LogP contribution < -0.4 is 5.32 Å². The molecule has 1 aromatic carbocycles. The second-order valence-corrected chi connectivity index (χ2v) is 6.03. The Balaban J connectivity index is 2.27. The smallest absolute Gasteiger partial charge is 0.343 e. The lowest BCUT2D eigenvalue weighted by molar-refractivity contribution is 0.0526. The van der Waals surface area contributed by atoms with Crippen molar-refractivity contribution in [1.29, 1.82) is 0 Å². The molecule has 7 heteroatoms. The Morgan fingerprint density at radius 3 is 2.75 bits per heavy atom. The van der Waals surface area contributed by atoms with Crippen LogP contribution in [0.4, 0.5) is 5.82 Å². The van der Waals surface area contributed by atoms with Gasteiger partial charge in [-0.25, -0.2) is 9.78 Å². The van der Waals surface area contributed by atoms with Crippen molar-refractivity contribution in [1.82, 2.24) is 9.97 Å². The fourth-order valence-electron chi connectivity index (χ4n) is 2.30. The Morgan fingerprint density at radius 1 is 1.38 bits per heavy atom. The van der Waals surface area contributed by atoms with Gasteiger partial charge >= 0.3 is 5.97 Å². The van der Waals surface area contributed by atoms with Gasteiger partial charge in [-0.1, -0.05) is 24.3 Å². The van der Waals surface area contributed by atoms with E-state index in [-0.39, 0.29) is 17.5 Å². The Bertz CT molecular complexity index is 729. The molecule has 1 heterocycles. The van der Waals surface area contributed by atoms with E-state index in [4.69, 9.17) is 16.3 Å². The summed E-state index contributed by atoms with van der Waals surface area (Å²) in [6.07, 6.45) is 1.33. The molecule has 0 saturated carbocycles. The lowest BCUT2D eigenvalue weighted by Gasteiger charge is -2.22. The Labute approximate surface area is 145 Å². The third kappa shape index (κ3) is 4.43. The van der Waals surface area contributed by atoms with Crippen molar-refractivity contribution in [3.05, 3.63) is 52.4 Å². The maximum atomic E-state index is 12.0. The maximum Gasteiger partial charge on any atom is 0.343 e. The number of aliphatic hydroxyl groups is 1. The van der Waals surface area contributed by atoms with Gasteiger partial charge in [-0.05, 0) is 43.5 Å². The molecule has 0 aliphatic rings. The van der Waals surface area contributed by atoms with Crippen molar-refractivity contribution in [2.45, 2.75) is 32.9 Å². The van der Waals surface area contributed by atoms with E-state index in [1.165, 1.54) is 6.20 Å². The number of nitrogens with zero attached hydrogens (tertiary/aromatic N) is 2. The van der Waals surface area contributed by atoms with E-state index >= 15 is 0 Å². The zero-order valence-corrected chi connectivity index (χ0v) is 14.6. The minimum Gasteiger partial charge on any atom is -0.462 e. The van der Waals surface area contributed by atoms with Crippen LogP contribution in [-0.4, -0.2) is 27.7 Å². The van der Waals surface area contributed by atoms with E-state index in [0.717, 1.165) is 11.1 Å². The number of ether oxygens (including phenoxy) is 1. The molecule has 0 bridgehead atoms. The Hall–Kier alpha value is -2.18. The van der Waals surface area contributed by atoms with Gasteiger partial charge in [0.2, 0.25) is 5.28 Å². The summed E-state index contributed by atoms with van der Waals surface area (Å²) in [7, 11) is 0. The van der Waals surface area contributed by atoms with Gasteiger partial charge in [-0.15, -0.1) is 0 Å². The van der Waals surface area contributed by atoms with Gasteiger partial charge in [0.05, 0.1) is 12.2 Å². The number of benzene rings is 1. The van der Waals surface area contributed by atoms with Crippen molar-refractivity contribution in [3.63, 3.8) is 0 Å². The van der Waals surface area contributed by atoms with E-state index in [1.54, 1.807) is 20.8 Å². The molecule has 0 fully saturated rings. The highest BCUT2D eigenvalue weighted by Gasteiger charge is 2.20. The summed E-state index contributed by atoms with van der Waals surface area (Å²) in [6, 6.07) is 7.50. The molecular weight excluding hydrogens is 330 g/mol. The van der Waals surface area contributed by atoms with Crippen LogP contribution in [0.1, 0.15) is 42.3 Å². The van der Waals surface area contributed by atoms with Crippen LogP contribution in [0.25, 0.3) is 0 Å². The minimum atomic E-state index is -0.981. The Kier molecular flexibility index (Phi) is 5.75. The lowest BCUT2D eigenvalue weighted by Crippen LogP contribution is -2.19. The molecule has 0 aliphatic heterocycles. The molecule has 0 atom stereocenters. The summed E-state index contributed by atoms with van der Waals surface area (Å²) in [6.45, 7) is 5.78. The monoisotopic (exact) mass is 349 g/mol. The fraction of sp³-hybridized carbons (Fsp3) is 0.353. The predicted octanol–water partition coefficient (Wildman–Crippen LogP) is 3.15. The summed E-state index contributed by atoms with van der Waals surface area (Å²) in [5.74, 6) is -0.230. The molecule has 1 aromatic heterocycles. The van der Waals surface area contributed by atoms with Gasteiger partial charge in [0.1, 0.15) is 11.4 Å². The number of carbonyl (C=O) groups is 1. The zero-order chi connectivity index (χ0) is 17.7. The third-order valence-corrected chi connectivity index (χ3v) is 3.56. The van der Waals surface area contributed by atoms with Crippen molar-refractivity contribution in [3.8, 4) is 0 Å². The largest absolute Gasteiger partial charge is 0.462 e. The SMILES string of the molecule is CCOC(=O)c1cnc(Cl)nc1NCc1ccccc1C(C)(C)O. The van der Waals surface area contributed by atoms with Crippen LogP contribution >= 0.6 is 11.6 Å². The highest BCUT2D eigenvalue weighted by atomic mass is 35.5. The first-order valence-corrected chi connectivity index (χ1v) is 7.95. The lowest BCUT2D eigenvalue weighted by atomic mass is 9.93. The summed E-state index contributed by atoms with van der Waals surface area (Å²) in [4.78, 5) is 19.9. The number of rotatable bonds is 6. The van der Waals surface area contributed by atoms with Crippen LogP contribution in [-0.2, 0) is 16.9 Å². The molecule has 0 spiro atoms. The molecule has 2 rings (SSSR count). The van der Waals surface area contributed by atoms with Gasteiger partial charge in [-0.2, -0.15) is 4.98 Å². The van der Waals surface area contributed by atoms with Crippen LogP contribution in [0, 0.1) is 0 Å². The number of halogens is 1. The van der Waals surface area contributed by atoms with Crippen molar-refractivity contribution in [2.24, 2.45) is 0 Å². The van der Waals surface area contributed by atoms with Gasteiger partial charge in [-0.3, -0.25) is 0 Å². The second kappa shape index (κ2) is 7.59. The molecule has 2 aromatic rings. The standard InChI is InChI=1S/C17H20ClN3O3/c1-4-24-15(22)12-10-20-16(18)21-14(12)19-9-11-7-5-6-8-13(11)17(2,3)23/h5-8,10,23H,4,9H2,1-3H3,(H,19,20,21). The molecule has 24 heavy (non-hydrogen) atoms. The molecule has 6 nitrogen and oxygen atoms in total. The van der Waals surface area contributed by atoms with Crippen LogP contribution in [0.3, 0.4) is 0 Å². The minimum absolute atomic E-state index is 0.0290. The summed E-state index contributed by atoms with van der Waals surface area (Å²) < 4.78 is 5.00. The Morgan fingerprint density at radius 2 is 2.08 bits per heavy atom. The topological polar surface area (TPSA) is 84.3 Å². The molecular formula is C17H20ClN3O3. The highest BCUT2D eigenvalue weighted by Crippen LogP contribution is 2.25. The normalized spacial score (nSPS) is 11.2. The average molecular weight is 350 g/mol. The molecule has 0 unspecified atom stereocenters. The number of nitrogens with one attached hydrogen (secondary N) is 1. The highest BCUT2D eigenvalue weighted by molar-refractivity contribution is 6.28. The second-order valence-electron chi connectivity index (χ2n) is 5.69. The van der Waals surface area contributed by atoms with Crippen LogP contribution in [0.2, 0.25) is 5.28 Å². The van der Waals surface area contributed by atoms with E-state index in [1.807, 2.05) is 24.3 Å². The summed E-state index contributed by atoms with van der Waals surface area (Å²) in [5, 5.41) is 13.4. The van der Waals surface area contributed by atoms with Gasteiger partial charge < -0.3 is 15.2 Å². The quantitative estimate of drug-likeness (QED) is 0.615. The van der Waals surface area contributed by atoms with E-state index in [0.29, 0.717) is 12.4 Å². The molecule has 0 amide bonds. The molecule has 2 N–H and O–H groups in total. The molecule has 128 valence electrons. The number of esters is 1. The van der Waals surface area contributed by atoms with E-state index in [2.05, 4.69) is 15.3 Å². The molecule has 0 saturated heterocycles. The molecule has 0 aliphatic carbocycles. The van der Waals surface area contributed by atoms with Crippen molar-refractivity contribution < 1.29 is 14.6 Å². The van der Waals surface area contributed by atoms with Gasteiger partial charge in [0.15, 0.2) is 0 Å². The van der Waals surface area contributed by atoms with E-state index in [9.17, 15) is 9.90 Å². The van der Waals surface area contributed by atoms with Gasteiger partial charge in [0.25, 0.3) is 0 Å². The number of hydrogen-bond donors (Lipinski definition) is 2. The predicted molar refractivity (Wildman–Crippen MR) is 92.0 cm³/mol. The molecule has 0 radical (unpaired) electrons. The first-order chi connectivity index (χ1) is 11.3. The van der Waals surface area contributed by atoms with Crippen LogP contribution in [0.5, 0.6) is 0 Å². The maximum absolute atomic E-state index is 12.0. The third-order valence-electron chi connectivity index (χ3n) is 3.38. The van der Waals surface area contributed by atoms with Crippen LogP contribution in [0.15, 0.2) is 30.5 Å². The number of aromatic nitrogens is 2. The van der Waals surface area contributed by atoms with Crippen molar-refractivity contribution >= 4 is 23.4 Å². The van der Waals surface area contributed by atoms with Crippen molar-refractivity contribution in [2.75, 3.05) is 11.9 Å². The van der Waals surface area contributed by atoms with Gasteiger partial charge in [0, 0.05) is 12.7 Å². The average Bonchev–Trinajstić information content (AvgIpc) is 2.52. The summed E-state index contributed by atoms with van der Waals surface area (Å²) >= 11 is 5.83.